The molecule has 156 valence electrons. The summed E-state index contributed by atoms with van der Waals surface area (Å²) in [5.41, 5.74) is 0.831. The van der Waals surface area contributed by atoms with Crippen LogP contribution in [0.4, 0.5) is 5.69 Å². The van der Waals surface area contributed by atoms with Crippen molar-refractivity contribution < 1.29 is 9.53 Å². The van der Waals surface area contributed by atoms with Crippen LogP contribution in [0.3, 0.4) is 0 Å². The first-order valence-corrected chi connectivity index (χ1v) is 10.5. The number of anilines is 1. The molecule has 0 spiro atoms. The zero-order chi connectivity index (χ0) is 21.1. The molecule has 0 aliphatic carbocycles. The Morgan fingerprint density at radius 1 is 1.00 bits per heavy atom. The van der Waals surface area contributed by atoms with Gasteiger partial charge in [0.15, 0.2) is 0 Å². The van der Waals surface area contributed by atoms with Crippen molar-refractivity contribution in [3.63, 3.8) is 0 Å². The number of nitrogens with zero attached hydrogens (tertiary/aromatic N) is 2. The highest BCUT2D eigenvalue weighted by atomic mass is 35.5. The Kier molecular flexibility index (Phi) is 6.39. The lowest BCUT2D eigenvalue weighted by molar-refractivity contribution is 0.0363. The summed E-state index contributed by atoms with van der Waals surface area (Å²) >= 11 is 12.0. The second-order valence-electron chi connectivity index (χ2n) is 7.15. The smallest absolute Gasteiger partial charge is 0.258 e. The number of carbonyl (C=O) groups is 1. The van der Waals surface area contributed by atoms with E-state index in [2.05, 4.69) is 10.2 Å². The summed E-state index contributed by atoms with van der Waals surface area (Å²) in [7, 11) is 0. The predicted octanol–water partition coefficient (Wildman–Crippen LogP) is 3.89. The standard InChI is InChI=1S/C22H21Cl2N3O3/c23-16-12-15(13-17(24)14-16)21(28)25-20-3-1-2-19-18(20)4-5-27(22(19)29)7-6-26-8-10-30-11-9-26/h1-5,12-14H,6-11H2,(H,25,28). The topological polar surface area (TPSA) is 63.6 Å². The van der Waals surface area contributed by atoms with Crippen LogP contribution in [0.5, 0.6) is 0 Å². The van der Waals surface area contributed by atoms with Gasteiger partial charge < -0.3 is 14.6 Å². The molecule has 2 heterocycles. The van der Waals surface area contributed by atoms with E-state index in [-0.39, 0.29) is 11.5 Å². The maximum Gasteiger partial charge on any atom is 0.258 e. The van der Waals surface area contributed by atoms with Gasteiger partial charge in [-0.25, -0.2) is 0 Å². The molecule has 1 N–H and O–H groups in total. The van der Waals surface area contributed by atoms with Gasteiger partial charge in [-0.15, -0.1) is 0 Å². The fourth-order valence-corrected chi connectivity index (χ4v) is 4.08. The highest BCUT2D eigenvalue weighted by molar-refractivity contribution is 6.35. The number of fused-ring (bicyclic) bond motifs is 1. The molecule has 0 radical (unpaired) electrons. The fourth-order valence-electron chi connectivity index (χ4n) is 3.56. The number of carbonyl (C=O) groups excluding carboxylic acids is 1. The van der Waals surface area contributed by atoms with Crippen LogP contribution in [0.25, 0.3) is 10.8 Å². The van der Waals surface area contributed by atoms with Crippen molar-refractivity contribution in [3.05, 3.63) is 74.6 Å². The van der Waals surface area contributed by atoms with Crippen LogP contribution in [-0.2, 0) is 11.3 Å². The molecular formula is C22H21Cl2N3O3. The first kappa shape index (κ1) is 20.9. The molecule has 3 aromatic rings. The fraction of sp³-hybridized carbons (Fsp3) is 0.273. The summed E-state index contributed by atoms with van der Waals surface area (Å²) in [6.45, 7) is 4.62. The summed E-state index contributed by atoms with van der Waals surface area (Å²) in [6.07, 6.45) is 1.77. The van der Waals surface area contributed by atoms with Gasteiger partial charge in [0.05, 0.1) is 13.2 Å². The first-order valence-electron chi connectivity index (χ1n) is 9.71. The van der Waals surface area contributed by atoms with Gasteiger partial charge in [0.1, 0.15) is 0 Å². The summed E-state index contributed by atoms with van der Waals surface area (Å²) in [4.78, 5) is 27.9. The van der Waals surface area contributed by atoms with E-state index in [9.17, 15) is 9.59 Å². The molecule has 6 nitrogen and oxygen atoms in total. The van der Waals surface area contributed by atoms with Gasteiger partial charge in [0.2, 0.25) is 0 Å². The molecule has 1 aliphatic rings. The third-order valence-corrected chi connectivity index (χ3v) is 5.59. The van der Waals surface area contributed by atoms with Gasteiger partial charge in [-0.1, -0.05) is 29.3 Å². The highest BCUT2D eigenvalue weighted by Crippen LogP contribution is 2.23. The number of morpholine rings is 1. The Bertz CT molecular complexity index is 1120. The number of halogens is 2. The van der Waals surface area contributed by atoms with E-state index in [0.717, 1.165) is 32.8 Å². The van der Waals surface area contributed by atoms with Gasteiger partial charge in [0, 0.05) is 64.4 Å². The Morgan fingerprint density at radius 3 is 2.47 bits per heavy atom. The largest absolute Gasteiger partial charge is 0.379 e. The van der Waals surface area contributed by atoms with Crippen LogP contribution in [0, 0.1) is 0 Å². The minimum Gasteiger partial charge on any atom is -0.379 e. The lowest BCUT2D eigenvalue weighted by atomic mass is 10.1. The second kappa shape index (κ2) is 9.18. The minimum atomic E-state index is -0.344. The number of ether oxygens (including phenoxy) is 1. The van der Waals surface area contributed by atoms with Crippen molar-refractivity contribution in [2.45, 2.75) is 6.54 Å². The maximum atomic E-state index is 13.0. The van der Waals surface area contributed by atoms with Gasteiger partial charge in [-0.3, -0.25) is 14.5 Å². The molecular weight excluding hydrogens is 425 g/mol. The Balaban J connectivity index is 1.57. The molecule has 8 heteroatoms. The summed E-state index contributed by atoms with van der Waals surface area (Å²) in [5, 5.41) is 4.87. The van der Waals surface area contributed by atoms with Crippen LogP contribution < -0.4 is 10.9 Å². The molecule has 1 amide bonds. The molecule has 1 fully saturated rings. The molecule has 30 heavy (non-hydrogen) atoms. The van der Waals surface area contributed by atoms with Crippen LogP contribution in [-0.4, -0.2) is 48.2 Å². The monoisotopic (exact) mass is 445 g/mol. The van der Waals surface area contributed by atoms with E-state index in [1.165, 1.54) is 0 Å². The Labute approximate surface area is 184 Å². The van der Waals surface area contributed by atoms with E-state index in [1.807, 2.05) is 6.07 Å². The van der Waals surface area contributed by atoms with Crippen molar-refractivity contribution in [2.24, 2.45) is 0 Å². The number of hydrogen-bond acceptors (Lipinski definition) is 4. The molecule has 0 bridgehead atoms. The summed E-state index contributed by atoms with van der Waals surface area (Å²) < 4.78 is 7.07. The predicted molar refractivity (Wildman–Crippen MR) is 120 cm³/mol. The Hall–Kier alpha value is -2.38. The number of aromatic nitrogens is 1. The lowest BCUT2D eigenvalue weighted by Gasteiger charge is -2.26. The van der Waals surface area contributed by atoms with Gasteiger partial charge in [0.25, 0.3) is 11.5 Å². The maximum absolute atomic E-state index is 13.0. The van der Waals surface area contributed by atoms with Gasteiger partial charge in [-0.05, 0) is 36.4 Å². The van der Waals surface area contributed by atoms with Crippen molar-refractivity contribution in [2.75, 3.05) is 38.2 Å². The zero-order valence-corrected chi connectivity index (χ0v) is 17.7. The third-order valence-electron chi connectivity index (χ3n) is 5.15. The highest BCUT2D eigenvalue weighted by Gasteiger charge is 2.13. The summed E-state index contributed by atoms with van der Waals surface area (Å²) in [5.74, 6) is -0.344. The van der Waals surface area contributed by atoms with Crippen LogP contribution in [0.1, 0.15) is 10.4 Å². The Morgan fingerprint density at radius 2 is 1.73 bits per heavy atom. The van der Waals surface area contributed by atoms with E-state index in [0.29, 0.717) is 38.6 Å². The SMILES string of the molecule is O=C(Nc1cccc2c(=O)n(CCN3CCOCC3)ccc12)c1cc(Cl)cc(Cl)c1. The van der Waals surface area contributed by atoms with E-state index in [4.69, 9.17) is 27.9 Å². The van der Waals surface area contributed by atoms with Crippen LogP contribution in [0.2, 0.25) is 10.0 Å². The quantitative estimate of drug-likeness (QED) is 0.646. The number of amides is 1. The third kappa shape index (κ3) is 4.68. The molecule has 0 unspecified atom stereocenters. The van der Waals surface area contributed by atoms with Crippen molar-refractivity contribution >= 4 is 45.6 Å². The number of hydrogen-bond donors (Lipinski definition) is 1. The zero-order valence-electron chi connectivity index (χ0n) is 16.2. The number of benzene rings is 2. The van der Waals surface area contributed by atoms with E-state index >= 15 is 0 Å². The normalized spacial score (nSPS) is 14.7. The average Bonchev–Trinajstić information content (AvgIpc) is 2.74. The second-order valence-corrected chi connectivity index (χ2v) is 8.02. The van der Waals surface area contributed by atoms with Crippen LogP contribution >= 0.6 is 23.2 Å². The molecule has 0 saturated carbocycles. The van der Waals surface area contributed by atoms with E-state index < -0.39 is 0 Å². The number of rotatable bonds is 5. The molecule has 0 atom stereocenters. The molecule has 1 aliphatic heterocycles. The van der Waals surface area contributed by atoms with Crippen molar-refractivity contribution in [3.8, 4) is 0 Å². The van der Waals surface area contributed by atoms with Gasteiger partial charge >= 0.3 is 0 Å². The van der Waals surface area contributed by atoms with Crippen LogP contribution in [0.15, 0.2) is 53.5 Å². The molecule has 1 saturated heterocycles. The van der Waals surface area contributed by atoms with E-state index in [1.54, 1.807) is 47.2 Å². The average molecular weight is 446 g/mol. The number of nitrogens with one attached hydrogen (secondary N) is 1. The molecule has 1 aromatic heterocycles. The lowest BCUT2D eigenvalue weighted by Crippen LogP contribution is -2.39. The minimum absolute atomic E-state index is 0.0809. The van der Waals surface area contributed by atoms with Crippen molar-refractivity contribution in [1.82, 2.24) is 9.47 Å². The molecule has 2 aromatic carbocycles. The number of pyridine rings is 1. The van der Waals surface area contributed by atoms with Crippen molar-refractivity contribution in [1.29, 1.82) is 0 Å². The first-order chi connectivity index (χ1) is 14.5. The molecule has 4 rings (SSSR count). The summed E-state index contributed by atoms with van der Waals surface area (Å²) in [6, 6.07) is 11.8. The van der Waals surface area contributed by atoms with Gasteiger partial charge in [-0.2, -0.15) is 0 Å².